The van der Waals surface area contributed by atoms with Crippen LogP contribution >= 0.6 is 0 Å². The van der Waals surface area contributed by atoms with Crippen LogP contribution in [0.5, 0.6) is 0 Å². The second-order valence-corrected chi connectivity index (χ2v) is 19.6. The van der Waals surface area contributed by atoms with Crippen LogP contribution in [0.1, 0.15) is 83.0 Å². The maximum absolute atomic E-state index is 9.71. The standard InChI is InChI=1S/C49H35N4O2.C14H15N2.Ir/c1-28(2)36-24-34(30-13-7-5-8-14-30)25-37(29(3)4)47(36)53-48-35-18-12-11-15-31(35)19-21-39(48)51-49(53)33-20-22-40-38(23-33)45-41(54-40)26-42-46(52-43(27-50)55-42)44(45)32-16-9-6-10-17-32;1-14(2,3)12-9-10-15-13(16-12)11-7-5-4-6-8-11;/h5-19,21-26,28-29H,1-4H3;4-7,9-10H,1-3H3;/q2*-1;. The summed E-state index contributed by atoms with van der Waals surface area (Å²) in [5.41, 5.74) is 15.2. The number of imidazole rings is 1. The predicted octanol–water partition coefficient (Wildman–Crippen LogP) is 16.4. The molecule has 0 N–H and O–H groups in total. The van der Waals surface area contributed by atoms with Crippen LogP contribution in [0.3, 0.4) is 0 Å². The van der Waals surface area contributed by atoms with Gasteiger partial charge in [0.2, 0.25) is 0 Å². The van der Waals surface area contributed by atoms with Crippen molar-refractivity contribution in [1.82, 2.24) is 24.5 Å². The molecule has 12 rings (SSSR count). The van der Waals surface area contributed by atoms with E-state index in [-0.39, 0.29) is 43.2 Å². The number of fused-ring (bicyclic) bond motifs is 7. The Hall–Kier alpha value is -8.02. The Bertz CT molecular complexity index is 3960. The molecule has 9 heteroatoms. The first-order valence-electron chi connectivity index (χ1n) is 24.1. The summed E-state index contributed by atoms with van der Waals surface area (Å²) in [5.74, 6) is 2.00. The number of hydrogen-bond donors (Lipinski definition) is 0. The van der Waals surface area contributed by atoms with Crippen molar-refractivity contribution in [3.8, 4) is 56.8 Å². The SMILES string of the molecule is CC(C)(C)c1ccnc(-c2[c-]cccc2)n1.CC(C)c1cc(-c2ccccc2)cc(C(C)C)c1-n1c(-c2[c-]cc3oc4cc5oc(C#N)nc5c(-c5ccccc5)c4c3c2)nc2ccc3ccccc3c21.[Ir]. The van der Waals surface area contributed by atoms with Gasteiger partial charge in [0.1, 0.15) is 11.1 Å². The van der Waals surface area contributed by atoms with Crippen LogP contribution in [0.2, 0.25) is 0 Å². The average molecular weight is 1120 g/mol. The van der Waals surface area contributed by atoms with Crippen molar-refractivity contribution >= 4 is 54.8 Å². The van der Waals surface area contributed by atoms with Crippen LogP contribution in [0.4, 0.5) is 0 Å². The number of nitriles is 1. The van der Waals surface area contributed by atoms with Crippen LogP contribution in [0.15, 0.2) is 173 Å². The summed E-state index contributed by atoms with van der Waals surface area (Å²) >= 11 is 0. The van der Waals surface area contributed by atoms with Crippen LogP contribution in [-0.4, -0.2) is 24.5 Å². The fraction of sp³-hybridized carbons (Fsp3) is 0.159. The number of hydrogen-bond acceptors (Lipinski definition) is 7. The third-order valence-electron chi connectivity index (χ3n) is 13.1. The van der Waals surface area contributed by atoms with Crippen LogP contribution in [-0.2, 0) is 25.5 Å². The minimum absolute atomic E-state index is 0. The fourth-order valence-electron chi connectivity index (χ4n) is 9.62. The molecule has 1 radical (unpaired) electrons. The summed E-state index contributed by atoms with van der Waals surface area (Å²) in [6, 6.07) is 62.7. The maximum atomic E-state index is 9.71. The van der Waals surface area contributed by atoms with Gasteiger partial charge in [-0.3, -0.25) is 15.0 Å². The number of oxazole rings is 1. The number of benzene rings is 8. The monoisotopic (exact) mass is 1120 g/mol. The van der Waals surface area contributed by atoms with E-state index in [1.54, 1.807) is 0 Å². The summed E-state index contributed by atoms with van der Waals surface area (Å²) in [6.45, 7) is 15.5. The molecule has 0 saturated heterocycles. The third kappa shape index (κ3) is 8.68. The molecular weight excluding hydrogens is 1060 g/mol. The number of furan rings is 1. The van der Waals surface area contributed by atoms with Gasteiger partial charge in [0, 0.05) is 65.5 Å². The van der Waals surface area contributed by atoms with E-state index in [1.807, 2.05) is 79.0 Å². The molecule has 8 aromatic carbocycles. The Kier molecular flexibility index (Phi) is 12.8. The van der Waals surface area contributed by atoms with Crippen LogP contribution in [0.25, 0.3) is 106 Å². The average Bonchev–Trinajstić information content (AvgIpc) is 4.11. The molecule has 4 heterocycles. The second-order valence-electron chi connectivity index (χ2n) is 19.6. The van der Waals surface area contributed by atoms with Gasteiger partial charge in [-0.2, -0.15) is 10.2 Å². The van der Waals surface area contributed by atoms with E-state index in [2.05, 4.69) is 171 Å². The number of rotatable bonds is 7. The summed E-state index contributed by atoms with van der Waals surface area (Å²) < 4.78 is 14.8. The smallest absolute Gasteiger partial charge is 0.301 e. The first kappa shape index (κ1) is 47.6. The molecule has 0 aliphatic rings. The van der Waals surface area contributed by atoms with Crippen molar-refractivity contribution in [3.05, 3.63) is 199 Å². The molecule has 0 spiro atoms. The van der Waals surface area contributed by atoms with E-state index in [1.165, 1.54) is 22.3 Å². The van der Waals surface area contributed by atoms with Gasteiger partial charge in [-0.25, -0.2) is 0 Å². The summed E-state index contributed by atoms with van der Waals surface area (Å²) in [6.07, 6.45) is 1.81. The Morgan fingerprint density at radius 3 is 2.00 bits per heavy atom. The van der Waals surface area contributed by atoms with Crippen molar-refractivity contribution in [2.45, 2.75) is 65.7 Å². The Morgan fingerprint density at radius 2 is 1.32 bits per heavy atom. The molecule has 0 fully saturated rings. The molecule has 72 heavy (non-hydrogen) atoms. The van der Waals surface area contributed by atoms with E-state index >= 15 is 0 Å². The molecule has 355 valence electrons. The molecule has 0 aliphatic heterocycles. The van der Waals surface area contributed by atoms with E-state index in [9.17, 15) is 5.26 Å². The normalized spacial score (nSPS) is 11.7. The van der Waals surface area contributed by atoms with Gasteiger partial charge in [0.25, 0.3) is 0 Å². The third-order valence-corrected chi connectivity index (χ3v) is 13.1. The number of aromatic nitrogens is 5. The van der Waals surface area contributed by atoms with Gasteiger partial charge in [0.05, 0.1) is 28.3 Å². The van der Waals surface area contributed by atoms with Gasteiger partial charge in [-0.05, 0) is 69.3 Å². The largest absolute Gasteiger partial charge is 0.500 e. The predicted molar refractivity (Wildman–Crippen MR) is 286 cm³/mol. The molecule has 8 nitrogen and oxygen atoms in total. The van der Waals surface area contributed by atoms with Crippen LogP contribution < -0.4 is 0 Å². The molecule has 0 atom stereocenters. The summed E-state index contributed by atoms with van der Waals surface area (Å²) in [7, 11) is 0. The van der Waals surface area contributed by atoms with E-state index in [0.29, 0.717) is 22.3 Å². The topological polar surface area (TPSA) is 107 Å². The van der Waals surface area contributed by atoms with Crippen molar-refractivity contribution in [1.29, 1.82) is 5.26 Å². The molecule has 0 unspecified atom stereocenters. The fourth-order valence-corrected chi connectivity index (χ4v) is 9.62. The molecule has 0 saturated carbocycles. The number of nitrogens with zero attached hydrogens (tertiary/aromatic N) is 6. The molecule has 4 aromatic heterocycles. The summed E-state index contributed by atoms with van der Waals surface area (Å²) in [4.78, 5) is 18.9. The van der Waals surface area contributed by atoms with Gasteiger partial charge in [0.15, 0.2) is 11.7 Å². The van der Waals surface area contributed by atoms with E-state index < -0.39 is 0 Å². The van der Waals surface area contributed by atoms with Gasteiger partial charge >= 0.3 is 5.89 Å². The zero-order valence-corrected chi connectivity index (χ0v) is 43.5. The van der Waals surface area contributed by atoms with Crippen molar-refractivity contribution < 1.29 is 28.9 Å². The molecule has 0 amide bonds. The molecule has 0 bridgehead atoms. The maximum Gasteiger partial charge on any atom is 0.301 e. The van der Waals surface area contributed by atoms with Gasteiger partial charge in [-0.15, -0.1) is 59.7 Å². The Labute approximate surface area is 432 Å². The van der Waals surface area contributed by atoms with Crippen molar-refractivity contribution in [2.75, 3.05) is 0 Å². The molecular formula is C63H50IrN6O2-2. The van der Waals surface area contributed by atoms with Crippen LogP contribution in [0, 0.1) is 23.5 Å². The minimum atomic E-state index is 0. The zero-order valence-electron chi connectivity index (χ0n) is 41.1. The summed E-state index contributed by atoms with van der Waals surface area (Å²) in [5, 5.41) is 13.8. The minimum Gasteiger partial charge on any atom is -0.500 e. The van der Waals surface area contributed by atoms with Crippen molar-refractivity contribution in [3.63, 3.8) is 0 Å². The second kappa shape index (κ2) is 19.3. The molecule has 12 aromatic rings. The Balaban J connectivity index is 0.000000300. The Morgan fingerprint density at radius 1 is 0.625 bits per heavy atom. The van der Waals surface area contributed by atoms with Gasteiger partial charge in [-0.1, -0.05) is 145 Å². The van der Waals surface area contributed by atoms with Crippen molar-refractivity contribution in [2.24, 2.45) is 0 Å². The van der Waals surface area contributed by atoms with E-state index in [4.69, 9.17) is 13.8 Å². The molecule has 0 aliphatic carbocycles. The van der Waals surface area contributed by atoms with Gasteiger partial charge < -0.3 is 13.4 Å². The first-order valence-corrected chi connectivity index (χ1v) is 24.1. The zero-order chi connectivity index (χ0) is 49.0. The quantitative estimate of drug-likeness (QED) is 0.146. The first-order chi connectivity index (χ1) is 34.4. The van der Waals surface area contributed by atoms with E-state index in [0.717, 1.165) is 77.9 Å².